The number of ether oxygens (including phenoxy) is 3. The van der Waals surface area contributed by atoms with Gasteiger partial charge in [-0.15, -0.1) is 0 Å². The molecule has 6 heteroatoms. The third-order valence-electron chi connectivity index (χ3n) is 14.6. The summed E-state index contributed by atoms with van der Waals surface area (Å²) in [7, 11) is 0. The van der Waals surface area contributed by atoms with Gasteiger partial charge in [0.25, 0.3) is 0 Å². The van der Waals surface area contributed by atoms with Crippen LogP contribution in [0.25, 0.3) is 0 Å². The first-order chi connectivity index (χ1) is 38.5. The smallest absolute Gasteiger partial charge is 0.306 e. The summed E-state index contributed by atoms with van der Waals surface area (Å²) in [6.07, 6.45) is 87.7. The third-order valence-corrected chi connectivity index (χ3v) is 14.6. The van der Waals surface area contributed by atoms with Crippen LogP contribution < -0.4 is 0 Å². The number of rotatable bonds is 61. The summed E-state index contributed by atoms with van der Waals surface area (Å²) in [5, 5.41) is 0. The van der Waals surface area contributed by atoms with Crippen LogP contribution in [-0.2, 0) is 28.6 Å². The van der Waals surface area contributed by atoms with Gasteiger partial charge in [0.05, 0.1) is 0 Å². The second-order valence-electron chi connectivity index (χ2n) is 22.4. The van der Waals surface area contributed by atoms with Crippen LogP contribution in [0.3, 0.4) is 0 Å². The molecule has 450 valence electrons. The predicted molar refractivity (Wildman–Crippen MR) is 339 cm³/mol. The molecule has 1 atom stereocenters. The Labute approximate surface area is 484 Å². The van der Waals surface area contributed by atoms with Crippen molar-refractivity contribution in [1.29, 1.82) is 0 Å². The summed E-state index contributed by atoms with van der Waals surface area (Å²) in [6.45, 7) is 6.51. The first-order valence-corrected chi connectivity index (χ1v) is 33.6. The van der Waals surface area contributed by atoms with Gasteiger partial charge in [0.1, 0.15) is 13.2 Å². The third kappa shape index (κ3) is 63.4. The zero-order chi connectivity index (χ0) is 56.4. The minimum absolute atomic E-state index is 0.0778. The molecular weight excluding hydrogens is 961 g/mol. The fourth-order valence-corrected chi connectivity index (χ4v) is 9.62. The van der Waals surface area contributed by atoms with Gasteiger partial charge in [-0.2, -0.15) is 0 Å². The minimum atomic E-state index is -0.780. The summed E-state index contributed by atoms with van der Waals surface area (Å²) in [5.74, 6) is -0.880. The molecule has 0 radical (unpaired) electrons. The van der Waals surface area contributed by atoms with Gasteiger partial charge in [0.15, 0.2) is 6.10 Å². The van der Waals surface area contributed by atoms with Crippen LogP contribution in [0, 0.1) is 0 Å². The van der Waals surface area contributed by atoms with Crippen LogP contribution in [0.4, 0.5) is 0 Å². The molecule has 0 fully saturated rings. The second-order valence-corrected chi connectivity index (χ2v) is 22.4. The predicted octanol–water partition coefficient (Wildman–Crippen LogP) is 23.1. The number of esters is 3. The second kappa shape index (κ2) is 66.1. The standard InChI is InChI=1S/C72H126O6/c1-4-7-10-13-16-19-21-23-25-27-29-31-32-33-34-35-36-37-38-39-40-42-43-45-47-49-51-53-56-59-62-65-71(74)77-68-69(67-76-70(73)64-61-58-55-18-15-12-9-6-3)78-72(75)66-63-60-57-54-52-50-48-46-44-41-30-28-26-24-22-20-17-14-11-8-5-2/h7,10,16,19,22-25,28-31,44,46,69H,4-6,8-9,11-15,17-18,20-21,26-27,32-43,45,47-68H2,1-3H3/b10-7-,19-16-,24-22-,25-23-,30-28-,31-29-,46-44-. The SMILES string of the molecule is CC/C=C\C/C=C\C/C=C\C/C=C\CCCCCCCCCCCCCCCCCCCCC(=O)OCC(COC(=O)CCCCCCCCCC)OC(=O)CCCCCCCC/C=C\C/C=C\C/C=C\CCCCCCC. The van der Waals surface area contributed by atoms with Crippen LogP contribution in [0.2, 0.25) is 0 Å². The molecule has 0 saturated heterocycles. The van der Waals surface area contributed by atoms with Crippen molar-refractivity contribution < 1.29 is 28.6 Å². The zero-order valence-corrected chi connectivity index (χ0v) is 51.7. The Bertz CT molecular complexity index is 1480. The fraction of sp³-hybridized carbons (Fsp3) is 0.764. The lowest BCUT2D eigenvalue weighted by Gasteiger charge is -2.18. The molecule has 0 bridgehead atoms. The largest absolute Gasteiger partial charge is 0.462 e. The maximum Gasteiger partial charge on any atom is 0.306 e. The highest BCUT2D eigenvalue weighted by Crippen LogP contribution is 2.17. The molecule has 0 saturated carbocycles. The lowest BCUT2D eigenvalue weighted by molar-refractivity contribution is -0.167. The number of hydrogen-bond acceptors (Lipinski definition) is 6. The quantitative estimate of drug-likeness (QED) is 0.0261. The molecule has 0 aromatic heterocycles. The Morgan fingerprint density at radius 2 is 0.500 bits per heavy atom. The molecule has 6 nitrogen and oxygen atoms in total. The van der Waals surface area contributed by atoms with Crippen molar-refractivity contribution in [1.82, 2.24) is 0 Å². The van der Waals surface area contributed by atoms with Crippen molar-refractivity contribution in [3.8, 4) is 0 Å². The Balaban J connectivity index is 4.11. The molecule has 78 heavy (non-hydrogen) atoms. The topological polar surface area (TPSA) is 78.9 Å². The first-order valence-electron chi connectivity index (χ1n) is 33.6. The molecule has 0 aromatic rings. The van der Waals surface area contributed by atoms with E-state index in [0.717, 1.165) is 109 Å². The molecule has 0 aromatic carbocycles. The molecule has 0 spiro atoms. The fourth-order valence-electron chi connectivity index (χ4n) is 9.62. The molecule has 0 aliphatic rings. The molecule has 0 aliphatic heterocycles. The average molecular weight is 1090 g/mol. The van der Waals surface area contributed by atoms with E-state index in [1.54, 1.807) is 0 Å². The molecule has 0 N–H and O–H groups in total. The maximum atomic E-state index is 12.9. The van der Waals surface area contributed by atoms with E-state index < -0.39 is 6.10 Å². The van der Waals surface area contributed by atoms with E-state index in [0.29, 0.717) is 19.3 Å². The van der Waals surface area contributed by atoms with Gasteiger partial charge in [-0.25, -0.2) is 0 Å². The molecule has 1 unspecified atom stereocenters. The Hall–Kier alpha value is -3.41. The Kier molecular flexibility index (Phi) is 63.2. The van der Waals surface area contributed by atoms with Gasteiger partial charge in [0, 0.05) is 19.3 Å². The first kappa shape index (κ1) is 74.6. The lowest BCUT2D eigenvalue weighted by Crippen LogP contribution is -2.30. The van der Waals surface area contributed by atoms with E-state index in [1.807, 2.05) is 0 Å². The summed E-state index contributed by atoms with van der Waals surface area (Å²) < 4.78 is 16.9. The van der Waals surface area contributed by atoms with Crippen molar-refractivity contribution in [2.24, 2.45) is 0 Å². The van der Waals surface area contributed by atoms with E-state index in [2.05, 4.69) is 106 Å². The number of allylic oxidation sites excluding steroid dienone is 14. The maximum absolute atomic E-state index is 12.9. The van der Waals surface area contributed by atoms with Crippen LogP contribution in [0.1, 0.15) is 335 Å². The van der Waals surface area contributed by atoms with Gasteiger partial charge in [0.2, 0.25) is 0 Å². The Morgan fingerprint density at radius 1 is 0.269 bits per heavy atom. The van der Waals surface area contributed by atoms with E-state index in [9.17, 15) is 14.4 Å². The molecule has 0 aliphatic carbocycles. The minimum Gasteiger partial charge on any atom is -0.462 e. The normalized spacial score (nSPS) is 12.6. The van der Waals surface area contributed by atoms with Crippen molar-refractivity contribution in [2.45, 2.75) is 341 Å². The number of carbonyl (C=O) groups is 3. The molecule has 0 rings (SSSR count). The molecular formula is C72H126O6. The number of unbranched alkanes of at least 4 members (excludes halogenated alkanes) is 36. The Morgan fingerprint density at radius 3 is 0.782 bits per heavy atom. The van der Waals surface area contributed by atoms with Crippen molar-refractivity contribution in [3.05, 3.63) is 85.1 Å². The highest BCUT2D eigenvalue weighted by atomic mass is 16.6. The van der Waals surface area contributed by atoms with Gasteiger partial charge < -0.3 is 14.2 Å². The van der Waals surface area contributed by atoms with Gasteiger partial charge >= 0.3 is 17.9 Å². The van der Waals surface area contributed by atoms with Crippen molar-refractivity contribution in [2.75, 3.05) is 13.2 Å². The highest BCUT2D eigenvalue weighted by Gasteiger charge is 2.19. The molecule has 0 heterocycles. The monoisotopic (exact) mass is 1090 g/mol. The zero-order valence-electron chi connectivity index (χ0n) is 51.7. The molecule has 0 amide bonds. The lowest BCUT2D eigenvalue weighted by atomic mass is 10.0. The van der Waals surface area contributed by atoms with Crippen molar-refractivity contribution >= 4 is 17.9 Å². The van der Waals surface area contributed by atoms with Gasteiger partial charge in [-0.3, -0.25) is 14.4 Å². The van der Waals surface area contributed by atoms with Gasteiger partial charge in [-0.1, -0.05) is 305 Å². The van der Waals surface area contributed by atoms with E-state index in [4.69, 9.17) is 14.2 Å². The highest BCUT2D eigenvalue weighted by molar-refractivity contribution is 5.71. The van der Waals surface area contributed by atoms with E-state index in [1.165, 1.54) is 186 Å². The van der Waals surface area contributed by atoms with Crippen LogP contribution >= 0.6 is 0 Å². The van der Waals surface area contributed by atoms with Crippen LogP contribution in [-0.4, -0.2) is 37.2 Å². The number of carbonyl (C=O) groups excluding carboxylic acids is 3. The summed E-state index contributed by atoms with van der Waals surface area (Å²) in [4.78, 5) is 38.2. The van der Waals surface area contributed by atoms with Crippen molar-refractivity contribution in [3.63, 3.8) is 0 Å². The van der Waals surface area contributed by atoms with E-state index >= 15 is 0 Å². The van der Waals surface area contributed by atoms with Crippen LogP contribution in [0.15, 0.2) is 85.1 Å². The average Bonchev–Trinajstić information content (AvgIpc) is 3.44. The van der Waals surface area contributed by atoms with E-state index in [-0.39, 0.29) is 31.1 Å². The van der Waals surface area contributed by atoms with Crippen LogP contribution in [0.5, 0.6) is 0 Å². The summed E-state index contributed by atoms with van der Waals surface area (Å²) in [5.41, 5.74) is 0. The number of hydrogen-bond donors (Lipinski definition) is 0. The van der Waals surface area contributed by atoms with Gasteiger partial charge in [-0.05, 0) is 96.3 Å². The summed E-state index contributed by atoms with van der Waals surface area (Å²) in [6, 6.07) is 0. The summed E-state index contributed by atoms with van der Waals surface area (Å²) >= 11 is 0.